The van der Waals surface area contributed by atoms with Gasteiger partial charge in [-0.1, -0.05) is 18.2 Å². The molecule has 0 radical (unpaired) electrons. The molecule has 9 nitrogen and oxygen atoms in total. The monoisotopic (exact) mass is 400 g/mol. The predicted octanol–water partition coefficient (Wildman–Crippen LogP) is 2.16. The van der Waals surface area contributed by atoms with Gasteiger partial charge in [0.05, 0.1) is 23.5 Å². The van der Waals surface area contributed by atoms with Crippen LogP contribution in [0.15, 0.2) is 42.5 Å². The van der Waals surface area contributed by atoms with Crippen LogP contribution < -0.4 is 15.0 Å². The number of nitrogens with zero attached hydrogens (tertiary/aromatic N) is 1. The van der Waals surface area contributed by atoms with Gasteiger partial charge in [0.25, 0.3) is 5.91 Å². The second-order valence-corrected chi connectivity index (χ2v) is 6.51. The van der Waals surface area contributed by atoms with Crippen LogP contribution in [0.5, 0.6) is 11.5 Å². The lowest BCUT2D eigenvalue weighted by Gasteiger charge is -2.35. The number of phenols is 1. The second-order valence-electron chi connectivity index (χ2n) is 6.51. The zero-order valence-electron chi connectivity index (χ0n) is 15.4. The number of anilines is 2. The Morgan fingerprint density at radius 2 is 1.86 bits per heavy atom. The van der Waals surface area contributed by atoms with E-state index in [1.807, 2.05) is 0 Å². The quantitative estimate of drug-likeness (QED) is 0.555. The first kappa shape index (κ1) is 20.0. The molecule has 0 fully saturated rings. The molecule has 1 heterocycles. The molecule has 152 valence electrons. The molecule has 29 heavy (non-hydrogen) atoms. The van der Waals surface area contributed by atoms with Crippen LogP contribution in [0.3, 0.4) is 0 Å². The van der Waals surface area contributed by atoms with Crippen molar-refractivity contribution in [1.82, 2.24) is 0 Å². The molecule has 0 spiro atoms. The van der Waals surface area contributed by atoms with Gasteiger partial charge < -0.3 is 30.3 Å². The second kappa shape index (κ2) is 8.51. The van der Waals surface area contributed by atoms with Gasteiger partial charge in [0.1, 0.15) is 5.75 Å². The smallest absolute Gasteiger partial charge is 0.346 e. The number of aromatic hydroxyl groups is 1. The zero-order chi connectivity index (χ0) is 21.0. The Kier molecular flexibility index (Phi) is 5.87. The topological polar surface area (TPSA) is 136 Å². The maximum Gasteiger partial charge on any atom is 0.346 e. The third-order valence-corrected chi connectivity index (χ3v) is 4.47. The average molecular weight is 400 g/mol. The first-order valence-electron chi connectivity index (χ1n) is 8.95. The fourth-order valence-electron chi connectivity index (χ4n) is 3.09. The molecule has 3 rings (SSSR count). The highest BCUT2D eigenvalue weighted by molar-refractivity contribution is 6.07. The molecule has 2 aromatic rings. The Morgan fingerprint density at radius 1 is 1.10 bits per heavy atom. The van der Waals surface area contributed by atoms with E-state index >= 15 is 0 Å². The van der Waals surface area contributed by atoms with Crippen molar-refractivity contribution in [2.45, 2.75) is 18.9 Å². The van der Waals surface area contributed by atoms with Gasteiger partial charge in [0.2, 0.25) is 6.10 Å². The lowest BCUT2D eigenvalue weighted by molar-refractivity contribution is -0.145. The molecule has 0 aromatic heterocycles. The molecule has 2 aromatic carbocycles. The molecule has 1 aliphatic rings. The minimum absolute atomic E-state index is 0.0475. The number of ether oxygens (including phenoxy) is 1. The molecule has 1 unspecified atom stereocenters. The van der Waals surface area contributed by atoms with Gasteiger partial charge in [0.15, 0.2) is 5.75 Å². The van der Waals surface area contributed by atoms with Gasteiger partial charge in [0, 0.05) is 13.0 Å². The fourth-order valence-corrected chi connectivity index (χ4v) is 3.09. The van der Waals surface area contributed by atoms with E-state index < -0.39 is 23.9 Å². The van der Waals surface area contributed by atoms with Gasteiger partial charge in [-0.3, -0.25) is 9.59 Å². The van der Waals surface area contributed by atoms with Gasteiger partial charge in [-0.2, -0.15) is 0 Å². The number of benzene rings is 2. The van der Waals surface area contributed by atoms with Crippen molar-refractivity contribution in [3.63, 3.8) is 0 Å². The van der Waals surface area contributed by atoms with Crippen molar-refractivity contribution in [2.24, 2.45) is 0 Å². The van der Waals surface area contributed by atoms with Crippen LogP contribution in [0.4, 0.5) is 11.4 Å². The Morgan fingerprint density at radius 3 is 2.55 bits per heavy atom. The Labute approximate surface area is 166 Å². The molecule has 4 N–H and O–H groups in total. The molecule has 0 bridgehead atoms. The molecule has 0 saturated heterocycles. The molecule has 9 heteroatoms. The summed E-state index contributed by atoms with van der Waals surface area (Å²) < 4.78 is 5.61. The lowest BCUT2D eigenvalue weighted by Crippen LogP contribution is -2.45. The van der Waals surface area contributed by atoms with Crippen LogP contribution in [0.2, 0.25) is 0 Å². The van der Waals surface area contributed by atoms with Crippen LogP contribution >= 0.6 is 0 Å². The Balaban J connectivity index is 1.89. The summed E-state index contributed by atoms with van der Waals surface area (Å²) in [5, 5.41) is 30.8. The van der Waals surface area contributed by atoms with Crippen molar-refractivity contribution in [2.75, 3.05) is 23.3 Å². The van der Waals surface area contributed by atoms with Crippen molar-refractivity contribution in [3.05, 3.63) is 48.0 Å². The number of carboxylic acid groups (broad SMARTS) is 2. The van der Waals surface area contributed by atoms with Crippen LogP contribution in [0.25, 0.3) is 0 Å². The number of nitrogens with one attached hydrogen (secondary N) is 1. The highest BCUT2D eigenvalue weighted by atomic mass is 16.5. The number of carboxylic acids is 2. The molecular weight excluding hydrogens is 380 g/mol. The molecular formula is C20H20N2O7. The van der Waals surface area contributed by atoms with Crippen molar-refractivity contribution >= 4 is 29.2 Å². The number of amides is 1. The minimum Gasteiger partial charge on any atom is -0.507 e. The number of aliphatic carboxylic acids is 2. The van der Waals surface area contributed by atoms with Crippen LogP contribution in [0.1, 0.15) is 23.2 Å². The van der Waals surface area contributed by atoms with E-state index in [1.165, 1.54) is 12.1 Å². The highest BCUT2D eigenvalue weighted by Crippen LogP contribution is 2.40. The first-order valence-corrected chi connectivity index (χ1v) is 8.95. The molecule has 1 amide bonds. The van der Waals surface area contributed by atoms with Gasteiger partial charge >= 0.3 is 11.9 Å². The van der Waals surface area contributed by atoms with Crippen LogP contribution in [0, 0.1) is 0 Å². The number of rotatable bonds is 7. The molecule has 1 aliphatic heterocycles. The predicted molar refractivity (Wildman–Crippen MR) is 104 cm³/mol. The van der Waals surface area contributed by atoms with Gasteiger partial charge in [-0.25, -0.2) is 4.79 Å². The van der Waals surface area contributed by atoms with Gasteiger partial charge in [-0.05, 0) is 30.7 Å². The van der Waals surface area contributed by atoms with Crippen molar-refractivity contribution in [3.8, 4) is 11.5 Å². The molecule has 0 aliphatic carbocycles. The Hall–Kier alpha value is -3.75. The maximum atomic E-state index is 12.5. The average Bonchev–Trinajstić information content (AvgIpc) is 2.68. The largest absolute Gasteiger partial charge is 0.507 e. The van der Waals surface area contributed by atoms with Gasteiger partial charge in [-0.15, -0.1) is 0 Å². The number of hydrogen-bond acceptors (Lipinski definition) is 6. The third kappa shape index (κ3) is 4.57. The number of carbonyl (C=O) groups is 3. The standard InChI is InChI=1S/C20H20N2O7/c23-15-8-2-1-5-12(15)19(26)21-13-6-3-7-14-18(13)29-16(20(27)28)11-22(14)10-4-9-17(24)25/h1-3,5-8,16,23H,4,9-11H2,(H,21,26)(H,24,25)(H,27,28). The summed E-state index contributed by atoms with van der Waals surface area (Å²) in [5.74, 6) is -2.67. The Bertz CT molecular complexity index is 944. The summed E-state index contributed by atoms with van der Waals surface area (Å²) >= 11 is 0. The van der Waals surface area contributed by atoms with E-state index in [4.69, 9.17) is 9.84 Å². The third-order valence-electron chi connectivity index (χ3n) is 4.47. The van der Waals surface area contributed by atoms with E-state index in [2.05, 4.69) is 5.32 Å². The summed E-state index contributed by atoms with van der Waals surface area (Å²) in [6.07, 6.45) is -0.889. The summed E-state index contributed by atoms with van der Waals surface area (Å²) in [6.45, 7) is 0.377. The SMILES string of the molecule is O=C(O)CCCN1CC(C(=O)O)Oc2c(NC(=O)c3ccccc3O)cccc21. The number of phenolic OH excluding ortho intramolecular Hbond substituents is 1. The highest BCUT2D eigenvalue weighted by Gasteiger charge is 2.32. The normalized spacial score (nSPS) is 15.2. The zero-order valence-corrected chi connectivity index (χ0v) is 15.4. The summed E-state index contributed by atoms with van der Waals surface area (Å²) in [5.41, 5.74) is 0.877. The van der Waals surface area contributed by atoms with E-state index in [0.717, 1.165) is 0 Å². The summed E-state index contributed by atoms with van der Waals surface area (Å²) in [7, 11) is 0. The van der Waals surface area contributed by atoms with Crippen LogP contribution in [-0.2, 0) is 9.59 Å². The minimum atomic E-state index is -1.17. The number of fused-ring (bicyclic) bond motifs is 1. The molecule has 1 atom stereocenters. The van der Waals surface area contributed by atoms with Crippen molar-refractivity contribution < 1.29 is 34.4 Å². The molecule has 0 saturated carbocycles. The number of hydrogen-bond donors (Lipinski definition) is 4. The maximum absolute atomic E-state index is 12.5. The fraction of sp³-hybridized carbons (Fsp3) is 0.250. The van der Waals surface area contributed by atoms with E-state index in [-0.39, 0.29) is 35.7 Å². The summed E-state index contributed by atoms with van der Waals surface area (Å²) in [4.78, 5) is 36.6. The van der Waals surface area contributed by atoms with E-state index in [0.29, 0.717) is 18.7 Å². The van der Waals surface area contributed by atoms with Crippen LogP contribution in [-0.4, -0.2) is 52.4 Å². The first-order chi connectivity index (χ1) is 13.9. The van der Waals surface area contributed by atoms with E-state index in [1.54, 1.807) is 35.2 Å². The lowest BCUT2D eigenvalue weighted by atomic mass is 10.1. The number of carbonyl (C=O) groups excluding carboxylic acids is 1. The number of para-hydroxylation sites is 2. The van der Waals surface area contributed by atoms with Crippen molar-refractivity contribution in [1.29, 1.82) is 0 Å². The summed E-state index contributed by atoms with van der Waals surface area (Å²) in [6, 6.07) is 11.0. The van der Waals surface area contributed by atoms with E-state index in [9.17, 15) is 24.6 Å².